The van der Waals surface area contributed by atoms with E-state index in [0.29, 0.717) is 6.42 Å². The molecule has 0 aromatic carbocycles. The normalized spacial score (nSPS) is 16.1. The van der Waals surface area contributed by atoms with Crippen LogP contribution in [0.4, 0.5) is 0 Å². The molecular weight excluding hydrogens is 242 g/mol. The lowest BCUT2D eigenvalue weighted by Gasteiger charge is -2.30. The van der Waals surface area contributed by atoms with Crippen LogP contribution in [0, 0.1) is 13.8 Å². The molecule has 6 heteroatoms. The van der Waals surface area contributed by atoms with E-state index >= 15 is 0 Å². The number of hydrogen-bond donors (Lipinski definition) is 2. The van der Waals surface area contributed by atoms with Gasteiger partial charge in [-0.3, -0.25) is 4.79 Å². The van der Waals surface area contributed by atoms with Crippen LogP contribution in [0.1, 0.15) is 51.3 Å². The summed E-state index contributed by atoms with van der Waals surface area (Å²) in [5, 5.41) is 7.60. The molecule has 1 heterocycles. The molecule has 1 rings (SSSR count). The van der Waals surface area contributed by atoms with E-state index in [0.717, 1.165) is 24.6 Å². The fourth-order valence-electron chi connectivity index (χ4n) is 2.29. The van der Waals surface area contributed by atoms with Crippen molar-refractivity contribution in [3.8, 4) is 0 Å². The molecule has 0 aliphatic carbocycles. The molecule has 0 bridgehead atoms. The number of rotatable bonds is 7. The minimum Gasteiger partial charge on any atom is -0.368 e. The molecule has 1 aromatic rings. The topological polar surface area (TPSA) is 85.8 Å². The Labute approximate surface area is 114 Å². The lowest BCUT2D eigenvalue weighted by Crippen LogP contribution is -2.54. The lowest BCUT2D eigenvalue weighted by molar-refractivity contribution is -0.124. The van der Waals surface area contributed by atoms with Crippen molar-refractivity contribution in [2.45, 2.75) is 59.0 Å². The predicted molar refractivity (Wildman–Crippen MR) is 74.7 cm³/mol. The van der Waals surface area contributed by atoms with E-state index in [4.69, 9.17) is 5.73 Å². The number of nitrogens with zero attached hydrogens (tertiary/aromatic N) is 3. The Morgan fingerprint density at radius 3 is 2.58 bits per heavy atom. The zero-order valence-electron chi connectivity index (χ0n) is 12.5. The highest BCUT2D eigenvalue weighted by Gasteiger charge is 2.33. The van der Waals surface area contributed by atoms with Gasteiger partial charge in [-0.25, -0.2) is 9.67 Å². The molecular formula is C13H25N5O. The molecule has 1 amide bonds. The van der Waals surface area contributed by atoms with Gasteiger partial charge in [-0.05, 0) is 47.1 Å². The molecule has 3 N–H and O–H groups in total. The largest absolute Gasteiger partial charge is 0.368 e. The number of primary amides is 1. The molecule has 1 aromatic heterocycles. The number of aromatic nitrogens is 3. The van der Waals surface area contributed by atoms with Crippen LogP contribution >= 0.6 is 0 Å². The number of hydrogen-bond acceptors (Lipinski definition) is 4. The van der Waals surface area contributed by atoms with Crippen LogP contribution in [0.15, 0.2) is 0 Å². The fourth-order valence-corrected chi connectivity index (χ4v) is 2.29. The fraction of sp³-hybridized carbons (Fsp3) is 0.769. The van der Waals surface area contributed by atoms with Crippen LogP contribution in [0.5, 0.6) is 0 Å². The van der Waals surface area contributed by atoms with Gasteiger partial charge in [0, 0.05) is 0 Å². The molecule has 2 atom stereocenters. The van der Waals surface area contributed by atoms with Crippen LogP contribution < -0.4 is 11.1 Å². The Hall–Kier alpha value is -1.43. The lowest BCUT2D eigenvalue weighted by atomic mass is 9.92. The van der Waals surface area contributed by atoms with Gasteiger partial charge < -0.3 is 11.1 Å². The van der Waals surface area contributed by atoms with Crippen molar-refractivity contribution >= 4 is 5.91 Å². The van der Waals surface area contributed by atoms with Crippen molar-refractivity contribution < 1.29 is 4.79 Å². The first-order valence-electron chi connectivity index (χ1n) is 6.75. The summed E-state index contributed by atoms with van der Waals surface area (Å²) < 4.78 is 1.85. The summed E-state index contributed by atoms with van der Waals surface area (Å²) in [6.07, 6.45) is 1.55. The molecule has 2 unspecified atom stereocenters. The Bertz CT molecular complexity index is 442. The summed E-state index contributed by atoms with van der Waals surface area (Å²) in [5.74, 6) is 1.27. The van der Waals surface area contributed by atoms with Gasteiger partial charge in [0.25, 0.3) is 0 Å². The first-order valence-corrected chi connectivity index (χ1v) is 6.75. The van der Waals surface area contributed by atoms with Gasteiger partial charge in [0.1, 0.15) is 11.6 Å². The summed E-state index contributed by atoms with van der Waals surface area (Å²) >= 11 is 0. The van der Waals surface area contributed by atoms with Crippen molar-refractivity contribution in [2.24, 2.45) is 5.73 Å². The van der Waals surface area contributed by atoms with E-state index in [1.807, 2.05) is 32.4 Å². The van der Waals surface area contributed by atoms with Crippen molar-refractivity contribution in [1.82, 2.24) is 20.1 Å². The second kappa shape index (κ2) is 6.14. The third-order valence-electron chi connectivity index (χ3n) is 3.34. The quantitative estimate of drug-likeness (QED) is 0.774. The van der Waals surface area contributed by atoms with Crippen molar-refractivity contribution in [1.29, 1.82) is 0 Å². The average molecular weight is 267 g/mol. The molecule has 0 saturated carbocycles. The monoisotopic (exact) mass is 267 g/mol. The van der Waals surface area contributed by atoms with Gasteiger partial charge in [-0.1, -0.05) is 6.92 Å². The number of carbonyl (C=O) groups excluding carboxylic acids is 1. The average Bonchev–Trinajstić information content (AvgIpc) is 2.65. The van der Waals surface area contributed by atoms with Gasteiger partial charge in [-0.15, -0.1) is 0 Å². The Kier molecular flexibility index (Phi) is 5.05. The molecule has 0 spiro atoms. The van der Waals surface area contributed by atoms with Crippen LogP contribution in [0.2, 0.25) is 0 Å². The number of nitrogens with one attached hydrogen (secondary N) is 1. The summed E-state index contributed by atoms with van der Waals surface area (Å²) in [7, 11) is 0. The van der Waals surface area contributed by atoms with E-state index in [-0.39, 0.29) is 11.9 Å². The molecule has 0 radical (unpaired) electrons. The molecule has 6 nitrogen and oxygen atoms in total. The highest BCUT2D eigenvalue weighted by atomic mass is 16.1. The standard InChI is InChI=1S/C13H25N5O/c1-6-7-15-13(5,12(14)19)8-9(2)18-11(4)16-10(3)17-18/h9,15H,6-8H2,1-5H3,(H2,14,19). The highest BCUT2D eigenvalue weighted by molar-refractivity contribution is 5.84. The number of aryl methyl sites for hydroxylation is 2. The zero-order chi connectivity index (χ0) is 14.6. The van der Waals surface area contributed by atoms with E-state index in [1.165, 1.54) is 0 Å². The zero-order valence-corrected chi connectivity index (χ0v) is 12.5. The van der Waals surface area contributed by atoms with Gasteiger partial charge in [0.15, 0.2) is 0 Å². The summed E-state index contributed by atoms with van der Waals surface area (Å²) in [5.41, 5.74) is 4.81. The molecule has 108 valence electrons. The van der Waals surface area contributed by atoms with Crippen LogP contribution in [-0.2, 0) is 4.79 Å². The van der Waals surface area contributed by atoms with Crippen LogP contribution in [0.25, 0.3) is 0 Å². The first-order chi connectivity index (χ1) is 8.80. The Morgan fingerprint density at radius 1 is 1.53 bits per heavy atom. The predicted octanol–water partition coefficient (Wildman–Crippen LogP) is 1.09. The van der Waals surface area contributed by atoms with Crippen LogP contribution in [0.3, 0.4) is 0 Å². The minimum atomic E-state index is -0.721. The Balaban J connectivity index is 2.84. The second-order valence-electron chi connectivity index (χ2n) is 5.33. The highest BCUT2D eigenvalue weighted by Crippen LogP contribution is 2.21. The van der Waals surface area contributed by atoms with Crippen molar-refractivity contribution in [3.63, 3.8) is 0 Å². The molecule has 0 saturated heterocycles. The van der Waals surface area contributed by atoms with E-state index in [1.54, 1.807) is 0 Å². The van der Waals surface area contributed by atoms with Crippen molar-refractivity contribution in [3.05, 3.63) is 11.6 Å². The summed E-state index contributed by atoms with van der Waals surface area (Å²) in [6.45, 7) is 10.5. The van der Waals surface area contributed by atoms with E-state index < -0.39 is 5.54 Å². The van der Waals surface area contributed by atoms with E-state index in [9.17, 15) is 4.79 Å². The SMILES string of the molecule is CCCNC(C)(CC(C)n1nc(C)nc1C)C(N)=O. The van der Waals surface area contributed by atoms with Crippen molar-refractivity contribution in [2.75, 3.05) is 6.54 Å². The number of carbonyl (C=O) groups is 1. The Morgan fingerprint density at radius 2 is 2.16 bits per heavy atom. The maximum absolute atomic E-state index is 11.7. The number of amides is 1. The van der Waals surface area contributed by atoms with Gasteiger partial charge >= 0.3 is 0 Å². The van der Waals surface area contributed by atoms with Crippen LogP contribution in [-0.4, -0.2) is 32.8 Å². The van der Waals surface area contributed by atoms with Gasteiger partial charge in [0.05, 0.1) is 11.6 Å². The molecule has 19 heavy (non-hydrogen) atoms. The minimum absolute atomic E-state index is 0.0584. The van der Waals surface area contributed by atoms with Gasteiger partial charge in [0.2, 0.25) is 5.91 Å². The summed E-state index contributed by atoms with van der Waals surface area (Å²) in [4.78, 5) is 16.0. The maximum atomic E-state index is 11.7. The molecule has 0 aliphatic heterocycles. The summed E-state index contributed by atoms with van der Waals surface area (Å²) in [6, 6.07) is 0.0584. The van der Waals surface area contributed by atoms with E-state index in [2.05, 4.69) is 22.3 Å². The van der Waals surface area contributed by atoms with Gasteiger partial charge in [-0.2, -0.15) is 5.10 Å². The molecule has 0 fully saturated rings. The third-order valence-corrected chi connectivity index (χ3v) is 3.34. The first kappa shape index (κ1) is 15.6. The maximum Gasteiger partial charge on any atom is 0.237 e. The molecule has 0 aliphatic rings. The smallest absolute Gasteiger partial charge is 0.237 e. The third kappa shape index (κ3) is 3.76. The second-order valence-corrected chi connectivity index (χ2v) is 5.33. The number of nitrogens with two attached hydrogens (primary N) is 1.